The van der Waals surface area contributed by atoms with Crippen molar-refractivity contribution in [3.05, 3.63) is 35.9 Å². The molecular formula is C19H25NO3. The molecule has 1 aliphatic heterocycles. The largest absolute Gasteiger partial charge is 0.480 e. The van der Waals surface area contributed by atoms with E-state index in [4.69, 9.17) is 0 Å². The van der Waals surface area contributed by atoms with Gasteiger partial charge in [-0.05, 0) is 55.9 Å². The van der Waals surface area contributed by atoms with E-state index in [-0.39, 0.29) is 5.91 Å². The number of hydrogen-bond acceptors (Lipinski definition) is 2. The minimum atomic E-state index is -0.858. The summed E-state index contributed by atoms with van der Waals surface area (Å²) in [7, 11) is 0. The van der Waals surface area contributed by atoms with Gasteiger partial charge in [-0.25, -0.2) is 4.79 Å². The van der Waals surface area contributed by atoms with Gasteiger partial charge in [0.2, 0.25) is 5.91 Å². The molecule has 2 aliphatic rings. The minimum Gasteiger partial charge on any atom is -0.480 e. The van der Waals surface area contributed by atoms with Crippen LogP contribution in [-0.2, 0) is 9.59 Å². The van der Waals surface area contributed by atoms with Crippen LogP contribution in [0.3, 0.4) is 0 Å². The fourth-order valence-electron chi connectivity index (χ4n) is 4.11. The molecule has 0 radical (unpaired) electrons. The van der Waals surface area contributed by atoms with Crippen molar-refractivity contribution in [2.45, 2.75) is 56.9 Å². The third-order valence-electron chi connectivity index (χ3n) is 5.44. The first-order chi connectivity index (χ1) is 11.1. The first-order valence-corrected chi connectivity index (χ1v) is 8.72. The van der Waals surface area contributed by atoms with E-state index < -0.39 is 12.0 Å². The van der Waals surface area contributed by atoms with Gasteiger partial charge in [0.15, 0.2) is 0 Å². The van der Waals surface area contributed by atoms with Gasteiger partial charge in [0, 0.05) is 13.0 Å². The van der Waals surface area contributed by atoms with Crippen LogP contribution in [0.2, 0.25) is 0 Å². The van der Waals surface area contributed by atoms with Crippen LogP contribution in [0.25, 0.3) is 0 Å². The lowest BCUT2D eigenvalue weighted by atomic mass is 9.77. The van der Waals surface area contributed by atoms with E-state index in [1.807, 2.05) is 6.07 Å². The second kappa shape index (κ2) is 7.16. The molecule has 0 aromatic heterocycles. The molecule has 4 nitrogen and oxygen atoms in total. The summed E-state index contributed by atoms with van der Waals surface area (Å²) in [6.45, 7) is 0.606. The SMILES string of the molecule is O=C(O)[C@H]1CCCN1C(=O)CC1CCC(c2ccccc2)CC1. The summed E-state index contributed by atoms with van der Waals surface area (Å²) in [6, 6.07) is 10.0. The van der Waals surface area contributed by atoms with Gasteiger partial charge in [0.05, 0.1) is 0 Å². The summed E-state index contributed by atoms with van der Waals surface area (Å²) in [6.07, 6.45) is 6.32. The monoisotopic (exact) mass is 315 g/mol. The van der Waals surface area contributed by atoms with Crippen LogP contribution in [-0.4, -0.2) is 34.5 Å². The summed E-state index contributed by atoms with van der Waals surface area (Å²) < 4.78 is 0. The van der Waals surface area contributed by atoms with E-state index in [2.05, 4.69) is 24.3 Å². The van der Waals surface area contributed by atoms with Crippen molar-refractivity contribution in [2.24, 2.45) is 5.92 Å². The molecular weight excluding hydrogens is 290 g/mol. The lowest BCUT2D eigenvalue weighted by Gasteiger charge is -2.30. The van der Waals surface area contributed by atoms with Crippen molar-refractivity contribution in [3.63, 3.8) is 0 Å². The van der Waals surface area contributed by atoms with Gasteiger partial charge in [0.1, 0.15) is 6.04 Å². The zero-order valence-electron chi connectivity index (χ0n) is 13.5. The van der Waals surface area contributed by atoms with Gasteiger partial charge < -0.3 is 10.0 Å². The number of amides is 1. The zero-order valence-corrected chi connectivity index (χ0v) is 13.5. The highest BCUT2D eigenvalue weighted by Crippen LogP contribution is 2.37. The van der Waals surface area contributed by atoms with Crippen molar-refractivity contribution < 1.29 is 14.7 Å². The van der Waals surface area contributed by atoms with Crippen molar-refractivity contribution in [2.75, 3.05) is 6.54 Å². The highest BCUT2D eigenvalue weighted by atomic mass is 16.4. The summed E-state index contributed by atoms with van der Waals surface area (Å²) in [5.41, 5.74) is 1.41. The Morgan fingerprint density at radius 3 is 2.39 bits per heavy atom. The molecule has 1 amide bonds. The maximum atomic E-state index is 12.4. The maximum absolute atomic E-state index is 12.4. The van der Waals surface area contributed by atoms with Crippen molar-refractivity contribution in [3.8, 4) is 0 Å². The Kier molecular flexibility index (Phi) is 4.99. The number of benzene rings is 1. The first kappa shape index (κ1) is 16.0. The highest BCUT2D eigenvalue weighted by molar-refractivity contribution is 5.84. The van der Waals surface area contributed by atoms with Gasteiger partial charge in [-0.15, -0.1) is 0 Å². The smallest absolute Gasteiger partial charge is 0.326 e. The van der Waals surface area contributed by atoms with Crippen LogP contribution in [0.5, 0.6) is 0 Å². The lowest BCUT2D eigenvalue weighted by molar-refractivity contribution is -0.148. The number of nitrogens with zero attached hydrogens (tertiary/aromatic N) is 1. The molecule has 124 valence electrons. The van der Waals surface area contributed by atoms with E-state index in [0.717, 1.165) is 32.1 Å². The fraction of sp³-hybridized carbons (Fsp3) is 0.579. The molecule has 1 atom stereocenters. The zero-order chi connectivity index (χ0) is 16.2. The van der Waals surface area contributed by atoms with Gasteiger partial charge >= 0.3 is 5.97 Å². The van der Waals surface area contributed by atoms with E-state index in [1.54, 1.807) is 4.90 Å². The Morgan fingerprint density at radius 2 is 1.74 bits per heavy atom. The summed E-state index contributed by atoms with van der Waals surface area (Å²) >= 11 is 0. The van der Waals surface area contributed by atoms with Gasteiger partial charge in [-0.1, -0.05) is 30.3 Å². The summed E-state index contributed by atoms with van der Waals surface area (Å²) in [5, 5.41) is 9.21. The van der Waals surface area contributed by atoms with Crippen molar-refractivity contribution >= 4 is 11.9 Å². The molecule has 1 aromatic carbocycles. The predicted molar refractivity (Wildman–Crippen MR) is 88.1 cm³/mol. The molecule has 0 unspecified atom stereocenters. The van der Waals surface area contributed by atoms with Crippen LogP contribution in [0.15, 0.2) is 30.3 Å². The van der Waals surface area contributed by atoms with Crippen LogP contribution >= 0.6 is 0 Å². The number of aliphatic carboxylic acids is 1. The molecule has 4 heteroatoms. The van der Waals surface area contributed by atoms with E-state index in [1.165, 1.54) is 5.56 Å². The first-order valence-electron chi connectivity index (χ1n) is 8.72. The third kappa shape index (κ3) is 3.74. The number of carbonyl (C=O) groups is 2. The molecule has 0 spiro atoms. The standard InChI is InChI=1S/C19H25NO3/c21-18(20-12-4-7-17(20)19(22)23)13-14-8-10-16(11-9-14)15-5-2-1-3-6-15/h1-3,5-6,14,16-17H,4,7-13H2,(H,22,23)/t14?,16?,17-/m1/s1. The van der Waals surface area contributed by atoms with E-state index in [9.17, 15) is 14.7 Å². The maximum Gasteiger partial charge on any atom is 0.326 e. The summed E-state index contributed by atoms with van der Waals surface area (Å²) in [4.78, 5) is 25.2. The molecule has 2 fully saturated rings. The van der Waals surface area contributed by atoms with Gasteiger partial charge in [0.25, 0.3) is 0 Å². The third-order valence-corrected chi connectivity index (χ3v) is 5.44. The molecule has 1 aromatic rings. The van der Waals surface area contributed by atoms with Gasteiger partial charge in [-0.3, -0.25) is 4.79 Å². The molecule has 1 aliphatic carbocycles. The Balaban J connectivity index is 1.51. The molecule has 0 bridgehead atoms. The minimum absolute atomic E-state index is 0.0399. The molecule has 1 N–H and O–H groups in total. The molecule has 1 heterocycles. The number of hydrogen-bond donors (Lipinski definition) is 1. The lowest BCUT2D eigenvalue weighted by Crippen LogP contribution is -2.41. The molecule has 23 heavy (non-hydrogen) atoms. The van der Waals surface area contributed by atoms with Crippen LogP contribution in [0, 0.1) is 5.92 Å². The second-order valence-corrected chi connectivity index (χ2v) is 6.92. The van der Waals surface area contributed by atoms with E-state index >= 15 is 0 Å². The predicted octanol–water partition coefficient (Wildman–Crippen LogP) is 3.43. The Hall–Kier alpha value is -1.84. The average molecular weight is 315 g/mol. The highest BCUT2D eigenvalue weighted by Gasteiger charge is 2.35. The number of carboxylic acids is 1. The quantitative estimate of drug-likeness (QED) is 0.926. The van der Waals surface area contributed by atoms with Gasteiger partial charge in [-0.2, -0.15) is 0 Å². The van der Waals surface area contributed by atoms with Crippen LogP contribution in [0.4, 0.5) is 0 Å². The molecule has 3 rings (SSSR count). The van der Waals surface area contributed by atoms with Crippen molar-refractivity contribution in [1.29, 1.82) is 0 Å². The number of rotatable bonds is 4. The van der Waals surface area contributed by atoms with Crippen LogP contribution < -0.4 is 0 Å². The Morgan fingerprint density at radius 1 is 1.04 bits per heavy atom. The molecule has 1 saturated heterocycles. The van der Waals surface area contributed by atoms with Crippen molar-refractivity contribution in [1.82, 2.24) is 4.90 Å². The number of carboxylic acid groups (broad SMARTS) is 1. The topological polar surface area (TPSA) is 57.6 Å². The molecule has 1 saturated carbocycles. The normalized spacial score (nSPS) is 27.8. The average Bonchev–Trinajstić information content (AvgIpc) is 3.06. The number of carbonyl (C=O) groups excluding carboxylic acids is 1. The summed E-state index contributed by atoms with van der Waals surface area (Å²) in [5.74, 6) is 0.209. The van der Waals surface area contributed by atoms with E-state index in [0.29, 0.717) is 31.2 Å². The van der Waals surface area contributed by atoms with Crippen LogP contribution in [0.1, 0.15) is 56.4 Å². The fourth-order valence-corrected chi connectivity index (χ4v) is 4.11. The second-order valence-electron chi connectivity index (χ2n) is 6.92. The Labute approximate surface area is 137 Å². The Bertz CT molecular complexity index is 549. The number of likely N-dealkylation sites (tertiary alicyclic amines) is 1.